The van der Waals surface area contributed by atoms with Gasteiger partial charge < -0.3 is 4.98 Å². The largest absolute Gasteiger partial charge is 0.364 e. The number of ketones is 1. The molecule has 12 heavy (non-hydrogen) atoms. The maximum Gasteiger partial charge on any atom is 0.310 e. The Balaban J connectivity index is 2.49. The summed E-state index contributed by atoms with van der Waals surface area (Å²) in [5, 5.41) is 0. The summed E-state index contributed by atoms with van der Waals surface area (Å²) in [5.41, 5.74) is 0.775. The number of hydrogen-bond donors (Lipinski definition) is 1. The van der Waals surface area contributed by atoms with Gasteiger partial charge in [0, 0.05) is 23.9 Å². The number of fused-ring (bicyclic) bond motifs is 1. The van der Waals surface area contributed by atoms with Crippen molar-refractivity contribution >= 4 is 5.78 Å². The Morgan fingerprint density at radius 3 is 3.00 bits per heavy atom. The maximum absolute atomic E-state index is 12.8. The molecule has 1 heterocycles. The molecule has 1 aromatic rings. The number of aromatic amines is 1. The third kappa shape index (κ3) is 0.873. The molecule has 2 nitrogen and oxygen atoms in total. The van der Waals surface area contributed by atoms with Crippen molar-refractivity contribution in [2.24, 2.45) is 0 Å². The predicted molar refractivity (Wildman–Crippen MR) is 38.4 cm³/mol. The van der Waals surface area contributed by atoms with E-state index in [-0.39, 0.29) is 18.4 Å². The van der Waals surface area contributed by atoms with Crippen LogP contribution in [-0.4, -0.2) is 16.7 Å². The van der Waals surface area contributed by atoms with Crippen LogP contribution >= 0.6 is 0 Å². The molecule has 1 aliphatic rings. The Morgan fingerprint density at radius 1 is 1.50 bits per heavy atom. The minimum atomic E-state index is -3.16. The predicted octanol–water partition coefficient (Wildman–Crippen LogP) is 1.78. The van der Waals surface area contributed by atoms with Crippen LogP contribution in [0.15, 0.2) is 12.3 Å². The molecule has 1 aliphatic carbocycles. The lowest BCUT2D eigenvalue weighted by Crippen LogP contribution is -2.33. The molecule has 0 spiro atoms. The number of carbonyl (C=O) groups excluding carboxylic acids is 1. The summed E-state index contributed by atoms with van der Waals surface area (Å²) in [7, 11) is 0. The number of nitrogens with one attached hydrogen (secondary N) is 1. The van der Waals surface area contributed by atoms with Gasteiger partial charge in [-0.1, -0.05) is 0 Å². The Bertz CT molecular complexity index is 330. The van der Waals surface area contributed by atoms with Crippen molar-refractivity contribution in [2.75, 3.05) is 0 Å². The second-order valence-corrected chi connectivity index (χ2v) is 2.90. The van der Waals surface area contributed by atoms with Crippen molar-refractivity contribution in [1.29, 1.82) is 0 Å². The van der Waals surface area contributed by atoms with Crippen LogP contribution in [0.2, 0.25) is 0 Å². The van der Waals surface area contributed by atoms with Crippen molar-refractivity contribution < 1.29 is 13.6 Å². The first-order chi connectivity index (χ1) is 5.61. The summed E-state index contributed by atoms with van der Waals surface area (Å²) in [5.74, 6) is -4.21. The van der Waals surface area contributed by atoms with Gasteiger partial charge >= 0.3 is 5.92 Å². The standard InChI is InChI=1S/C8H7F2NO/c9-8(10)3-1-6-5(7(8)12)2-4-11-6/h2,4,11H,1,3H2. The summed E-state index contributed by atoms with van der Waals surface area (Å²) in [6.07, 6.45) is 1.39. The van der Waals surface area contributed by atoms with Crippen LogP contribution < -0.4 is 0 Å². The molecule has 0 aromatic carbocycles. The average molecular weight is 171 g/mol. The van der Waals surface area contributed by atoms with Crippen LogP contribution in [-0.2, 0) is 6.42 Å². The molecule has 4 heteroatoms. The highest BCUT2D eigenvalue weighted by Crippen LogP contribution is 2.31. The first kappa shape index (κ1) is 7.46. The fourth-order valence-electron chi connectivity index (χ4n) is 1.42. The minimum absolute atomic E-state index is 0.145. The number of alkyl halides is 2. The average Bonchev–Trinajstić information content (AvgIpc) is 2.45. The summed E-state index contributed by atoms with van der Waals surface area (Å²) >= 11 is 0. The highest BCUT2D eigenvalue weighted by atomic mass is 19.3. The van der Waals surface area contributed by atoms with Gasteiger partial charge in [0.05, 0.1) is 0 Å². The van der Waals surface area contributed by atoms with E-state index in [1.165, 1.54) is 12.3 Å². The summed E-state index contributed by atoms with van der Waals surface area (Å²) in [6.45, 7) is 0. The molecule has 0 saturated heterocycles. The molecule has 0 unspecified atom stereocenters. The molecule has 0 aliphatic heterocycles. The molecule has 0 radical (unpaired) electrons. The van der Waals surface area contributed by atoms with Gasteiger partial charge in [-0.2, -0.15) is 8.78 Å². The van der Waals surface area contributed by atoms with Gasteiger partial charge in [-0.15, -0.1) is 0 Å². The van der Waals surface area contributed by atoms with E-state index >= 15 is 0 Å². The molecule has 2 rings (SSSR count). The number of halogens is 2. The number of rotatable bonds is 0. The molecule has 1 aromatic heterocycles. The van der Waals surface area contributed by atoms with Crippen LogP contribution in [0.4, 0.5) is 8.78 Å². The zero-order valence-corrected chi connectivity index (χ0v) is 6.23. The summed E-state index contributed by atoms with van der Waals surface area (Å²) < 4.78 is 25.6. The normalized spacial score (nSPS) is 20.7. The van der Waals surface area contributed by atoms with Crippen LogP contribution in [0.3, 0.4) is 0 Å². The molecule has 0 amide bonds. The molecule has 0 saturated carbocycles. The lowest BCUT2D eigenvalue weighted by molar-refractivity contribution is 0.00188. The highest BCUT2D eigenvalue weighted by molar-refractivity contribution is 6.03. The maximum atomic E-state index is 12.8. The number of aryl methyl sites for hydroxylation is 1. The van der Waals surface area contributed by atoms with E-state index in [1.54, 1.807) is 0 Å². The van der Waals surface area contributed by atoms with E-state index in [0.29, 0.717) is 5.69 Å². The zero-order chi connectivity index (χ0) is 8.77. The third-order valence-electron chi connectivity index (χ3n) is 2.10. The zero-order valence-electron chi connectivity index (χ0n) is 6.23. The van der Waals surface area contributed by atoms with E-state index in [9.17, 15) is 13.6 Å². The van der Waals surface area contributed by atoms with E-state index < -0.39 is 11.7 Å². The fraction of sp³-hybridized carbons (Fsp3) is 0.375. The van der Waals surface area contributed by atoms with Crippen LogP contribution in [0, 0.1) is 0 Å². The molecule has 64 valence electrons. The van der Waals surface area contributed by atoms with Gasteiger partial charge in [0.2, 0.25) is 5.78 Å². The van der Waals surface area contributed by atoms with Gasteiger partial charge in [0.25, 0.3) is 0 Å². The topological polar surface area (TPSA) is 32.9 Å². The van der Waals surface area contributed by atoms with Gasteiger partial charge in [-0.25, -0.2) is 0 Å². The van der Waals surface area contributed by atoms with E-state index in [0.717, 1.165) is 0 Å². The molecule has 1 N–H and O–H groups in total. The van der Waals surface area contributed by atoms with Gasteiger partial charge in [-0.3, -0.25) is 4.79 Å². The lowest BCUT2D eigenvalue weighted by Gasteiger charge is -2.19. The second kappa shape index (κ2) is 2.15. The van der Waals surface area contributed by atoms with Gasteiger partial charge in [-0.05, 0) is 12.5 Å². The fourth-order valence-corrected chi connectivity index (χ4v) is 1.42. The summed E-state index contributed by atoms with van der Waals surface area (Å²) in [4.78, 5) is 13.8. The Morgan fingerprint density at radius 2 is 2.25 bits per heavy atom. The van der Waals surface area contributed by atoms with Crippen molar-refractivity contribution in [1.82, 2.24) is 4.98 Å². The Labute approximate surface area is 67.6 Å². The van der Waals surface area contributed by atoms with Gasteiger partial charge in [0.1, 0.15) is 0 Å². The van der Waals surface area contributed by atoms with E-state index in [2.05, 4.69) is 4.98 Å². The lowest BCUT2D eigenvalue weighted by atomic mass is 9.93. The first-order valence-corrected chi connectivity index (χ1v) is 3.70. The van der Waals surface area contributed by atoms with Gasteiger partial charge in [0.15, 0.2) is 0 Å². The quantitative estimate of drug-likeness (QED) is 0.634. The number of hydrogen-bond acceptors (Lipinski definition) is 1. The number of Topliss-reactive ketones (excluding diaryl/α,β-unsaturated/α-hetero) is 1. The molecule has 0 atom stereocenters. The first-order valence-electron chi connectivity index (χ1n) is 3.70. The van der Waals surface area contributed by atoms with E-state index in [1.807, 2.05) is 0 Å². The van der Waals surface area contributed by atoms with Crippen LogP contribution in [0.5, 0.6) is 0 Å². The molecule has 0 fully saturated rings. The smallest absolute Gasteiger partial charge is 0.310 e. The molecular weight excluding hydrogens is 164 g/mol. The highest BCUT2D eigenvalue weighted by Gasteiger charge is 2.43. The van der Waals surface area contributed by atoms with Crippen molar-refractivity contribution in [3.05, 3.63) is 23.5 Å². The van der Waals surface area contributed by atoms with Crippen molar-refractivity contribution in [3.63, 3.8) is 0 Å². The van der Waals surface area contributed by atoms with E-state index in [4.69, 9.17) is 0 Å². The Kier molecular flexibility index (Phi) is 1.34. The summed E-state index contributed by atoms with van der Waals surface area (Å²) in [6, 6.07) is 1.41. The number of carbonyl (C=O) groups is 1. The molecular formula is C8H7F2NO. The SMILES string of the molecule is O=C1c2cc[nH]c2CCC1(F)F. The van der Waals surface area contributed by atoms with Crippen LogP contribution in [0.1, 0.15) is 22.5 Å². The number of H-pyrrole nitrogens is 1. The van der Waals surface area contributed by atoms with Crippen LogP contribution in [0.25, 0.3) is 0 Å². The Hall–Kier alpha value is -1.19. The number of aromatic nitrogens is 1. The minimum Gasteiger partial charge on any atom is -0.364 e. The second-order valence-electron chi connectivity index (χ2n) is 2.90. The monoisotopic (exact) mass is 171 g/mol. The molecule has 0 bridgehead atoms. The third-order valence-corrected chi connectivity index (χ3v) is 2.10. The van der Waals surface area contributed by atoms with Crippen molar-refractivity contribution in [3.8, 4) is 0 Å². The van der Waals surface area contributed by atoms with Crippen molar-refractivity contribution in [2.45, 2.75) is 18.8 Å².